The van der Waals surface area contributed by atoms with Crippen LogP contribution < -0.4 is 10.6 Å². The van der Waals surface area contributed by atoms with Crippen LogP contribution in [0.2, 0.25) is 0 Å². The van der Waals surface area contributed by atoms with E-state index in [0.717, 1.165) is 11.6 Å². The fourth-order valence-corrected chi connectivity index (χ4v) is 3.05. The molecule has 1 aliphatic heterocycles. The van der Waals surface area contributed by atoms with Crippen LogP contribution in [-0.4, -0.2) is 42.0 Å². The average Bonchev–Trinajstić information content (AvgIpc) is 2.62. The van der Waals surface area contributed by atoms with Gasteiger partial charge < -0.3 is 10.6 Å². The second-order valence-corrected chi connectivity index (χ2v) is 6.07. The van der Waals surface area contributed by atoms with E-state index in [9.17, 15) is 18.0 Å². The van der Waals surface area contributed by atoms with Crippen molar-refractivity contribution in [2.24, 2.45) is 0 Å². The fraction of sp³-hybridized carbons (Fsp3) is 0.333. The molecule has 5 nitrogen and oxygen atoms in total. The maximum Gasteiger partial charge on any atom is 0.418 e. The number of rotatable bonds is 4. The van der Waals surface area contributed by atoms with Crippen molar-refractivity contribution in [3.05, 3.63) is 59.9 Å². The van der Waals surface area contributed by atoms with E-state index in [1.165, 1.54) is 18.2 Å². The first kappa shape index (κ1) is 18.3. The zero-order valence-electron chi connectivity index (χ0n) is 14.0. The van der Waals surface area contributed by atoms with Crippen LogP contribution in [0.15, 0.2) is 48.8 Å². The van der Waals surface area contributed by atoms with Gasteiger partial charge in [0.05, 0.1) is 17.8 Å². The second kappa shape index (κ2) is 7.84. The van der Waals surface area contributed by atoms with Crippen LogP contribution in [0.3, 0.4) is 0 Å². The average molecular weight is 364 g/mol. The first-order chi connectivity index (χ1) is 12.4. The molecule has 8 heteroatoms. The molecule has 0 bridgehead atoms. The first-order valence-electron chi connectivity index (χ1n) is 8.26. The Balaban J connectivity index is 1.71. The zero-order chi connectivity index (χ0) is 18.6. The Morgan fingerprint density at radius 3 is 2.81 bits per heavy atom. The van der Waals surface area contributed by atoms with E-state index in [1.54, 1.807) is 12.4 Å². The van der Waals surface area contributed by atoms with Crippen molar-refractivity contribution in [3.8, 4) is 0 Å². The van der Waals surface area contributed by atoms with Gasteiger partial charge in [-0.15, -0.1) is 0 Å². The van der Waals surface area contributed by atoms with Gasteiger partial charge >= 0.3 is 6.18 Å². The molecule has 0 radical (unpaired) electrons. The number of carbonyl (C=O) groups excluding carboxylic acids is 1. The Bertz CT molecular complexity index is 752. The predicted molar refractivity (Wildman–Crippen MR) is 91.5 cm³/mol. The normalized spacial score (nSPS) is 18.5. The van der Waals surface area contributed by atoms with Crippen LogP contribution in [-0.2, 0) is 11.0 Å². The Hall–Kier alpha value is -2.45. The van der Waals surface area contributed by atoms with Gasteiger partial charge in [-0.1, -0.05) is 18.2 Å². The van der Waals surface area contributed by atoms with Crippen molar-refractivity contribution in [3.63, 3.8) is 0 Å². The molecule has 1 unspecified atom stereocenters. The van der Waals surface area contributed by atoms with Gasteiger partial charge in [-0.05, 0) is 23.8 Å². The van der Waals surface area contributed by atoms with Crippen LogP contribution in [0.5, 0.6) is 0 Å². The smallest absolute Gasteiger partial charge is 0.324 e. The largest absolute Gasteiger partial charge is 0.418 e. The highest BCUT2D eigenvalue weighted by molar-refractivity contribution is 5.93. The first-order valence-corrected chi connectivity index (χ1v) is 8.26. The standard InChI is InChI=1S/C18H19F3N4O/c19-18(20,21)14-5-1-2-6-15(14)24-17(26)12-25-9-8-23-11-16(25)13-4-3-7-22-10-13/h1-7,10,16,23H,8-9,11-12H2,(H,24,26). The number of hydrogen-bond donors (Lipinski definition) is 2. The molecule has 1 aliphatic rings. The number of para-hydroxylation sites is 1. The molecule has 0 saturated carbocycles. The molecule has 2 heterocycles. The third-order valence-corrected chi connectivity index (χ3v) is 4.28. The third kappa shape index (κ3) is 4.39. The molecule has 1 atom stereocenters. The number of nitrogens with one attached hydrogen (secondary N) is 2. The lowest BCUT2D eigenvalue weighted by Gasteiger charge is -2.35. The number of hydrogen-bond acceptors (Lipinski definition) is 4. The highest BCUT2D eigenvalue weighted by atomic mass is 19.4. The molecule has 3 rings (SSSR count). The summed E-state index contributed by atoms with van der Waals surface area (Å²) < 4.78 is 39.2. The number of carbonyl (C=O) groups is 1. The van der Waals surface area contributed by atoms with Crippen molar-refractivity contribution in [1.82, 2.24) is 15.2 Å². The number of halogens is 3. The monoisotopic (exact) mass is 364 g/mol. The van der Waals surface area contributed by atoms with Gasteiger partial charge in [-0.2, -0.15) is 13.2 Å². The lowest BCUT2D eigenvalue weighted by molar-refractivity contribution is -0.137. The van der Waals surface area contributed by atoms with Crippen molar-refractivity contribution < 1.29 is 18.0 Å². The van der Waals surface area contributed by atoms with Gasteiger partial charge in [0.25, 0.3) is 0 Å². The minimum absolute atomic E-state index is 0.00737. The van der Waals surface area contributed by atoms with Crippen LogP contribution in [0, 0.1) is 0 Å². The van der Waals surface area contributed by atoms with Gasteiger partial charge in [0.1, 0.15) is 0 Å². The topological polar surface area (TPSA) is 57.3 Å². The molecule has 1 aromatic carbocycles. The van der Waals surface area contributed by atoms with Gasteiger partial charge in [0.15, 0.2) is 0 Å². The second-order valence-electron chi connectivity index (χ2n) is 6.07. The Morgan fingerprint density at radius 1 is 1.27 bits per heavy atom. The molecule has 1 aromatic heterocycles. The summed E-state index contributed by atoms with van der Waals surface area (Å²) in [5.41, 5.74) is -0.112. The van der Waals surface area contributed by atoms with Crippen LogP contribution in [0.25, 0.3) is 0 Å². The van der Waals surface area contributed by atoms with Crippen LogP contribution in [0.4, 0.5) is 18.9 Å². The summed E-state index contributed by atoms with van der Waals surface area (Å²) in [4.78, 5) is 18.4. The van der Waals surface area contributed by atoms with Gasteiger partial charge in [0, 0.05) is 38.1 Å². The third-order valence-electron chi connectivity index (χ3n) is 4.28. The molecule has 138 valence electrons. The fourth-order valence-electron chi connectivity index (χ4n) is 3.05. The number of benzene rings is 1. The summed E-state index contributed by atoms with van der Waals surface area (Å²) in [5, 5.41) is 5.67. The number of piperazine rings is 1. The summed E-state index contributed by atoms with van der Waals surface area (Å²) in [6.45, 7) is 1.99. The summed E-state index contributed by atoms with van der Waals surface area (Å²) in [5.74, 6) is -0.475. The summed E-state index contributed by atoms with van der Waals surface area (Å²) in [7, 11) is 0. The summed E-state index contributed by atoms with van der Waals surface area (Å²) in [6.07, 6.45) is -1.11. The highest BCUT2D eigenvalue weighted by Crippen LogP contribution is 2.34. The molecular weight excluding hydrogens is 345 g/mol. The Kier molecular flexibility index (Phi) is 5.53. The summed E-state index contributed by atoms with van der Waals surface area (Å²) >= 11 is 0. The van der Waals surface area contributed by atoms with Gasteiger partial charge in [-0.3, -0.25) is 14.7 Å². The molecule has 1 fully saturated rings. The molecule has 2 aromatic rings. The number of nitrogens with zero attached hydrogens (tertiary/aromatic N) is 2. The van der Waals surface area contributed by atoms with E-state index in [4.69, 9.17) is 0 Å². The van der Waals surface area contributed by atoms with E-state index >= 15 is 0 Å². The van der Waals surface area contributed by atoms with Crippen molar-refractivity contribution in [2.75, 3.05) is 31.5 Å². The number of pyridine rings is 1. The molecule has 1 amide bonds. The van der Waals surface area contributed by atoms with E-state index in [0.29, 0.717) is 19.6 Å². The summed E-state index contributed by atoms with van der Waals surface area (Å²) in [6, 6.07) is 8.68. The van der Waals surface area contributed by atoms with Crippen molar-refractivity contribution in [1.29, 1.82) is 0 Å². The molecule has 1 saturated heterocycles. The van der Waals surface area contributed by atoms with Gasteiger partial charge in [-0.25, -0.2) is 0 Å². The molecule has 2 N–H and O–H groups in total. The quantitative estimate of drug-likeness (QED) is 0.876. The van der Waals surface area contributed by atoms with Crippen molar-refractivity contribution in [2.45, 2.75) is 12.2 Å². The highest BCUT2D eigenvalue weighted by Gasteiger charge is 2.34. The molecular formula is C18H19F3N4O. The lowest BCUT2D eigenvalue weighted by atomic mass is 10.1. The Labute approximate surface area is 149 Å². The maximum absolute atomic E-state index is 13.1. The van der Waals surface area contributed by atoms with E-state index in [1.807, 2.05) is 17.0 Å². The molecule has 0 aliphatic carbocycles. The lowest BCUT2D eigenvalue weighted by Crippen LogP contribution is -2.48. The van der Waals surface area contributed by atoms with E-state index in [2.05, 4.69) is 15.6 Å². The number of alkyl halides is 3. The van der Waals surface area contributed by atoms with Crippen LogP contribution in [0.1, 0.15) is 17.2 Å². The van der Waals surface area contributed by atoms with Crippen LogP contribution >= 0.6 is 0 Å². The predicted octanol–water partition coefficient (Wildman–Crippen LogP) is 2.69. The Morgan fingerprint density at radius 2 is 2.08 bits per heavy atom. The molecule has 0 spiro atoms. The minimum atomic E-state index is -4.52. The maximum atomic E-state index is 13.1. The molecule has 26 heavy (non-hydrogen) atoms. The van der Waals surface area contributed by atoms with Crippen molar-refractivity contribution >= 4 is 11.6 Å². The number of aromatic nitrogens is 1. The number of amides is 1. The van der Waals surface area contributed by atoms with E-state index < -0.39 is 17.6 Å². The number of anilines is 1. The SMILES string of the molecule is O=C(CN1CCNCC1c1cccnc1)Nc1ccccc1C(F)(F)F. The van der Waals surface area contributed by atoms with E-state index in [-0.39, 0.29) is 18.3 Å². The zero-order valence-corrected chi connectivity index (χ0v) is 14.0. The van der Waals surface area contributed by atoms with Gasteiger partial charge in [0.2, 0.25) is 5.91 Å². The minimum Gasteiger partial charge on any atom is -0.324 e.